The first-order valence-corrected chi connectivity index (χ1v) is 9.91. The lowest BCUT2D eigenvalue weighted by Gasteiger charge is -2.13. The molecule has 0 saturated carbocycles. The summed E-state index contributed by atoms with van der Waals surface area (Å²) in [5, 5.41) is 12.3. The number of nitrogens with one attached hydrogen (secondary N) is 2. The van der Waals surface area contributed by atoms with Crippen molar-refractivity contribution in [3.05, 3.63) is 63.2 Å². The summed E-state index contributed by atoms with van der Waals surface area (Å²) < 4.78 is 12.2. The van der Waals surface area contributed by atoms with E-state index in [1.54, 1.807) is 61.5 Å². The number of hydrogen-bond acceptors (Lipinski definition) is 4. The Hall–Kier alpha value is -2.19. The Kier molecular flexibility index (Phi) is 7.08. The second kappa shape index (κ2) is 9.54. The van der Waals surface area contributed by atoms with Crippen molar-refractivity contribution in [1.82, 2.24) is 9.78 Å². The van der Waals surface area contributed by atoms with Gasteiger partial charge in [-0.15, -0.1) is 0 Å². The molecule has 1 heterocycles. The van der Waals surface area contributed by atoms with E-state index in [0.29, 0.717) is 49.7 Å². The molecule has 3 rings (SSSR count). The first-order valence-electron chi connectivity index (χ1n) is 8.37. The first-order chi connectivity index (χ1) is 13.9. The highest BCUT2D eigenvalue weighted by Crippen LogP contribution is 2.30. The molecule has 2 N–H and O–H groups in total. The zero-order valence-electron chi connectivity index (χ0n) is 15.5. The molecule has 0 aliphatic heterocycles. The van der Waals surface area contributed by atoms with Crippen LogP contribution in [0.5, 0.6) is 11.5 Å². The minimum atomic E-state index is 0.302. The van der Waals surface area contributed by atoms with Crippen LogP contribution in [0.4, 0.5) is 11.5 Å². The predicted octanol–water partition coefficient (Wildman–Crippen LogP) is 5.72. The van der Waals surface area contributed by atoms with Crippen molar-refractivity contribution in [3.8, 4) is 11.5 Å². The standard InChI is InChI=1S/C19H17Cl3N4O2S/c1-27-11-6-7-16(17(8-11)28-2)23-19(29)24-18-15(22)10-26(25-18)9-12-13(20)4-3-5-14(12)21/h3-8,10H,9H2,1-2H3,(H2,23,24,25,29). The summed E-state index contributed by atoms with van der Waals surface area (Å²) in [7, 11) is 3.15. The van der Waals surface area contributed by atoms with Crippen molar-refractivity contribution in [2.75, 3.05) is 24.9 Å². The Labute approximate surface area is 188 Å². The average molecular weight is 472 g/mol. The van der Waals surface area contributed by atoms with Crippen LogP contribution < -0.4 is 20.1 Å². The van der Waals surface area contributed by atoms with Crippen LogP contribution in [0.15, 0.2) is 42.6 Å². The van der Waals surface area contributed by atoms with Gasteiger partial charge < -0.3 is 20.1 Å². The van der Waals surface area contributed by atoms with E-state index in [9.17, 15) is 0 Å². The van der Waals surface area contributed by atoms with Crippen LogP contribution in [-0.4, -0.2) is 29.1 Å². The first kappa shape index (κ1) is 21.5. The van der Waals surface area contributed by atoms with Crippen molar-refractivity contribution in [2.24, 2.45) is 0 Å². The van der Waals surface area contributed by atoms with Gasteiger partial charge >= 0.3 is 0 Å². The number of rotatable bonds is 6. The number of thiocarbonyl (C=S) groups is 1. The van der Waals surface area contributed by atoms with Gasteiger partial charge in [0.25, 0.3) is 0 Å². The minimum absolute atomic E-state index is 0.302. The summed E-state index contributed by atoms with van der Waals surface area (Å²) in [6.07, 6.45) is 1.67. The van der Waals surface area contributed by atoms with Gasteiger partial charge in [0.1, 0.15) is 16.5 Å². The van der Waals surface area contributed by atoms with Crippen LogP contribution in [0.2, 0.25) is 15.1 Å². The van der Waals surface area contributed by atoms with Gasteiger partial charge in [0.05, 0.1) is 26.5 Å². The summed E-state index contributed by atoms with van der Waals surface area (Å²) in [5.74, 6) is 1.66. The molecular formula is C19H17Cl3N4O2S. The largest absolute Gasteiger partial charge is 0.497 e. The van der Waals surface area contributed by atoms with Crippen molar-refractivity contribution in [2.45, 2.75) is 6.54 Å². The minimum Gasteiger partial charge on any atom is -0.497 e. The monoisotopic (exact) mass is 470 g/mol. The number of ether oxygens (including phenoxy) is 2. The van der Waals surface area contributed by atoms with Crippen molar-refractivity contribution < 1.29 is 9.47 Å². The van der Waals surface area contributed by atoms with E-state index in [2.05, 4.69) is 15.7 Å². The second-order valence-corrected chi connectivity index (χ2v) is 7.50. The molecule has 10 heteroatoms. The van der Waals surface area contributed by atoms with Crippen molar-refractivity contribution in [1.29, 1.82) is 0 Å². The maximum Gasteiger partial charge on any atom is 0.176 e. The fourth-order valence-corrected chi connectivity index (χ4v) is 3.49. The maximum atomic E-state index is 6.30. The molecule has 0 aliphatic rings. The number of aromatic nitrogens is 2. The Morgan fingerprint density at radius 3 is 2.41 bits per heavy atom. The number of hydrogen-bond donors (Lipinski definition) is 2. The Bertz CT molecular complexity index is 1020. The lowest BCUT2D eigenvalue weighted by atomic mass is 10.2. The molecule has 2 aromatic carbocycles. The van der Waals surface area contributed by atoms with E-state index < -0.39 is 0 Å². The molecule has 0 aliphatic carbocycles. The number of anilines is 2. The molecule has 0 amide bonds. The molecule has 0 saturated heterocycles. The van der Waals surface area contributed by atoms with Crippen molar-refractivity contribution >= 4 is 63.6 Å². The van der Waals surface area contributed by atoms with Gasteiger partial charge in [-0.05, 0) is 36.5 Å². The third-order valence-electron chi connectivity index (χ3n) is 3.99. The number of methoxy groups -OCH3 is 2. The highest BCUT2D eigenvalue weighted by molar-refractivity contribution is 7.80. The van der Waals surface area contributed by atoms with Crippen LogP contribution >= 0.6 is 47.0 Å². The zero-order chi connectivity index (χ0) is 21.0. The Balaban J connectivity index is 1.72. The molecule has 0 atom stereocenters. The molecule has 1 aromatic heterocycles. The molecule has 0 radical (unpaired) electrons. The summed E-state index contributed by atoms with van der Waals surface area (Å²) >= 11 is 24.1. The van der Waals surface area contributed by atoms with Gasteiger partial charge in [0.15, 0.2) is 10.9 Å². The third kappa shape index (κ3) is 5.25. The van der Waals surface area contributed by atoms with Crippen LogP contribution in [0.1, 0.15) is 5.56 Å². The maximum absolute atomic E-state index is 6.30. The van der Waals surface area contributed by atoms with Crippen LogP contribution in [0.25, 0.3) is 0 Å². The summed E-state index contributed by atoms with van der Waals surface area (Å²) in [6, 6.07) is 10.7. The molecular weight excluding hydrogens is 455 g/mol. The van der Waals surface area contributed by atoms with Gasteiger partial charge in [-0.3, -0.25) is 4.68 Å². The third-order valence-corrected chi connectivity index (χ3v) is 5.18. The molecule has 0 spiro atoms. The van der Waals surface area contributed by atoms with Gasteiger partial charge in [0, 0.05) is 27.9 Å². The van der Waals surface area contributed by atoms with Gasteiger partial charge in [0.2, 0.25) is 0 Å². The van der Waals surface area contributed by atoms with E-state index in [-0.39, 0.29) is 0 Å². The molecule has 0 bridgehead atoms. The lowest BCUT2D eigenvalue weighted by Crippen LogP contribution is -2.20. The highest BCUT2D eigenvalue weighted by atomic mass is 35.5. The topological polar surface area (TPSA) is 60.3 Å². The molecule has 6 nitrogen and oxygen atoms in total. The second-order valence-electron chi connectivity index (χ2n) is 5.87. The fraction of sp³-hybridized carbons (Fsp3) is 0.158. The Morgan fingerprint density at radius 1 is 1.03 bits per heavy atom. The van der Waals surface area contributed by atoms with Gasteiger partial charge in [-0.2, -0.15) is 5.10 Å². The van der Waals surface area contributed by atoms with Crippen molar-refractivity contribution in [3.63, 3.8) is 0 Å². The summed E-state index contributed by atoms with van der Waals surface area (Å²) in [5.41, 5.74) is 1.43. The molecule has 3 aromatic rings. The van der Waals surface area contributed by atoms with Crippen LogP contribution in [0, 0.1) is 0 Å². The zero-order valence-corrected chi connectivity index (χ0v) is 18.6. The molecule has 29 heavy (non-hydrogen) atoms. The summed E-state index contributed by atoms with van der Waals surface area (Å²) in [4.78, 5) is 0. The smallest absolute Gasteiger partial charge is 0.176 e. The van der Waals surface area contributed by atoms with E-state index in [0.717, 1.165) is 5.56 Å². The quantitative estimate of drug-likeness (QED) is 0.449. The van der Waals surface area contributed by atoms with Gasteiger partial charge in [-0.1, -0.05) is 40.9 Å². The molecule has 152 valence electrons. The van der Waals surface area contributed by atoms with Crippen LogP contribution in [-0.2, 0) is 6.54 Å². The Morgan fingerprint density at radius 2 is 1.76 bits per heavy atom. The molecule has 0 unspecified atom stereocenters. The highest BCUT2D eigenvalue weighted by Gasteiger charge is 2.13. The number of nitrogens with zero attached hydrogens (tertiary/aromatic N) is 2. The van der Waals surface area contributed by atoms with Gasteiger partial charge in [-0.25, -0.2) is 0 Å². The van der Waals surface area contributed by atoms with E-state index in [1.807, 2.05) is 0 Å². The normalized spacial score (nSPS) is 10.5. The average Bonchev–Trinajstić information content (AvgIpc) is 3.04. The number of benzene rings is 2. The molecule has 0 fully saturated rings. The fourth-order valence-electron chi connectivity index (χ4n) is 2.57. The van der Waals surface area contributed by atoms with E-state index >= 15 is 0 Å². The summed E-state index contributed by atoms with van der Waals surface area (Å²) in [6.45, 7) is 0.367. The lowest BCUT2D eigenvalue weighted by molar-refractivity contribution is 0.395. The number of halogens is 3. The predicted molar refractivity (Wildman–Crippen MR) is 122 cm³/mol. The van der Waals surface area contributed by atoms with E-state index in [1.165, 1.54) is 0 Å². The van der Waals surface area contributed by atoms with Crippen LogP contribution in [0.3, 0.4) is 0 Å². The SMILES string of the molecule is COc1ccc(NC(=S)Nc2nn(Cc3c(Cl)cccc3Cl)cc2Cl)c(OC)c1. The van der Waals surface area contributed by atoms with E-state index in [4.69, 9.17) is 56.5 Å².